The maximum absolute atomic E-state index is 12.7. The highest BCUT2D eigenvalue weighted by molar-refractivity contribution is 9.10. The fourth-order valence-corrected chi connectivity index (χ4v) is 5.60. The highest BCUT2D eigenvalue weighted by atomic mass is 79.9. The van der Waals surface area contributed by atoms with Crippen LogP contribution in [0, 0.1) is 0 Å². The predicted molar refractivity (Wildman–Crippen MR) is 127 cm³/mol. The number of hydrogen-bond donors (Lipinski definition) is 0. The molecule has 0 radical (unpaired) electrons. The molecule has 1 atom stereocenters. The van der Waals surface area contributed by atoms with Crippen molar-refractivity contribution in [1.82, 2.24) is 4.90 Å². The molecule has 2 heterocycles. The summed E-state index contributed by atoms with van der Waals surface area (Å²) in [7, 11) is 0. The molecule has 0 bridgehead atoms. The van der Waals surface area contributed by atoms with E-state index in [1.165, 1.54) is 16.7 Å². The van der Waals surface area contributed by atoms with Crippen molar-refractivity contribution in [2.24, 2.45) is 4.99 Å². The first-order valence-corrected chi connectivity index (χ1v) is 12.2. The topological polar surface area (TPSA) is 32.7 Å². The summed E-state index contributed by atoms with van der Waals surface area (Å²) in [6.45, 7) is 0. The van der Waals surface area contributed by atoms with E-state index >= 15 is 0 Å². The summed E-state index contributed by atoms with van der Waals surface area (Å²) in [6, 6.07) is 16.6. The number of aliphatic imine (C=N–C) groups is 1. The summed E-state index contributed by atoms with van der Waals surface area (Å²) in [5, 5.41) is 0.838. The van der Waals surface area contributed by atoms with Gasteiger partial charge in [0.25, 0.3) is 0 Å². The van der Waals surface area contributed by atoms with Crippen molar-refractivity contribution < 1.29 is 4.79 Å². The first-order chi connectivity index (χ1) is 14.1. The van der Waals surface area contributed by atoms with E-state index in [1.54, 1.807) is 11.8 Å². The molecule has 2 aliphatic heterocycles. The zero-order valence-electron chi connectivity index (χ0n) is 15.6. The number of thioether (sulfide) groups is 1. The molecular formula is C23H18Br2N2OS. The lowest BCUT2D eigenvalue weighted by Crippen LogP contribution is -2.38. The number of benzene rings is 2. The van der Waals surface area contributed by atoms with Crippen molar-refractivity contribution in [3.8, 4) is 0 Å². The molecule has 6 heteroatoms. The molecule has 0 saturated carbocycles. The van der Waals surface area contributed by atoms with Crippen LogP contribution in [0.3, 0.4) is 0 Å². The fourth-order valence-electron chi connectivity index (χ4n) is 4.18. The zero-order chi connectivity index (χ0) is 20.0. The smallest absolute Gasteiger partial charge is 0.239 e. The van der Waals surface area contributed by atoms with E-state index in [0.29, 0.717) is 5.75 Å². The Morgan fingerprint density at radius 2 is 1.69 bits per heavy atom. The van der Waals surface area contributed by atoms with Gasteiger partial charge in [0.2, 0.25) is 5.91 Å². The molecule has 29 heavy (non-hydrogen) atoms. The Kier molecular flexibility index (Phi) is 5.26. The van der Waals surface area contributed by atoms with Crippen LogP contribution in [0.25, 0.3) is 6.08 Å². The van der Waals surface area contributed by atoms with Gasteiger partial charge in [-0.15, -0.1) is 0 Å². The minimum absolute atomic E-state index is 0.0540. The lowest BCUT2D eigenvalue weighted by Gasteiger charge is -2.37. The second kappa shape index (κ2) is 7.89. The molecule has 1 amide bonds. The minimum Gasteiger partial charge on any atom is -0.279 e. The first-order valence-electron chi connectivity index (χ1n) is 9.59. The van der Waals surface area contributed by atoms with Crippen LogP contribution in [0.2, 0.25) is 0 Å². The largest absolute Gasteiger partial charge is 0.279 e. The zero-order valence-corrected chi connectivity index (χ0v) is 19.6. The number of allylic oxidation sites excluding steroid dienone is 1. The summed E-state index contributed by atoms with van der Waals surface area (Å²) >= 11 is 8.58. The Labute approximate surface area is 191 Å². The third-order valence-corrected chi connectivity index (χ3v) is 7.49. The SMILES string of the molecule is O=C1CSC2=NC3=C(CCC/C3=C/c3ccc(Br)cc3)C(c3ccc(Br)cc3)N12. The molecule has 0 aromatic heterocycles. The van der Waals surface area contributed by atoms with Gasteiger partial charge in [0.05, 0.1) is 17.5 Å². The Balaban J connectivity index is 1.64. The molecule has 3 nitrogen and oxygen atoms in total. The molecule has 2 aromatic carbocycles. The number of hydrogen-bond acceptors (Lipinski definition) is 3. The van der Waals surface area contributed by atoms with Crippen LogP contribution in [0.15, 0.2) is 79.3 Å². The number of amides is 1. The maximum Gasteiger partial charge on any atom is 0.239 e. The Morgan fingerprint density at radius 3 is 2.41 bits per heavy atom. The Hall–Kier alpha value is -1.63. The fraction of sp³-hybridized carbons (Fsp3) is 0.217. The van der Waals surface area contributed by atoms with Crippen LogP contribution < -0.4 is 0 Å². The number of rotatable bonds is 2. The van der Waals surface area contributed by atoms with Gasteiger partial charge in [0, 0.05) is 8.95 Å². The maximum atomic E-state index is 12.7. The second-order valence-electron chi connectivity index (χ2n) is 7.35. The monoisotopic (exact) mass is 528 g/mol. The average Bonchev–Trinajstić information content (AvgIpc) is 3.10. The van der Waals surface area contributed by atoms with E-state index in [9.17, 15) is 4.79 Å². The molecule has 5 rings (SSSR count). The highest BCUT2D eigenvalue weighted by Crippen LogP contribution is 2.47. The Bertz CT molecular complexity index is 1070. The molecular weight excluding hydrogens is 512 g/mol. The van der Waals surface area contributed by atoms with E-state index in [0.717, 1.165) is 44.6 Å². The van der Waals surface area contributed by atoms with Gasteiger partial charge in [0.15, 0.2) is 5.17 Å². The summed E-state index contributed by atoms with van der Waals surface area (Å²) in [6.07, 6.45) is 5.31. The van der Waals surface area contributed by atoms with E-state index in [1.807, 2.05) is 4.90 Å². The van der Waals surface area contributed by atoms with Crippen molar-refractivity contribution in [3.05, 3.63) is 85.4 Å². The van der Waals surface area contributed by atoms with Crippen LogP contribution in [-0.4, -0.2) is 21.7 Å². The molecule has 2 aromatic rings. The van der Waals surface area contributed by atoms with Crippen molar-refractivity contribution in [2.75, 3.05) is 5.75 Å². The standard InChI is InChI=1S/C23H18Br2N2OS/c24-17-8-4-14(5-9-17)12-16-2-1-3-19-21(16)26-23-27(20(28)13-29-23)22(19)15-6-10-18(25)11-7-15/h4-12,22H,1-3,13H2/b16-12-. The normalized spacial score (nSPS) is 22.6. The summed E-state index contributed by atoms with van der Waals surface area (Å²) < 4.78 is 2.12. The van der Waals surface area contributed by atoms with E-state index < -0.39 is 0 Å². The van der Waals surface area contributed by atoms with Crippen molar-refractivity contribution >= 4 is 60.8 Å². The molecule has 3 aliphatic rings. The molecule has 0 N–H and O–H groups in total. The second-order valence-corrected chi connectivity index (χ2v) is 10.1. The van der Waals surface area contributed by atoms with Gasteiger partial charge < -0.3 is 0 Å². The van der Waals surface area contributed by atoms with E-state index in [2.05, 4.69) is 86.5 Å². The number of carbonyl (C=O) groups excluding carboxylic acids is 1. The van der Waals surface area contributed by atoms with Gasteiger partial charge in [-0.2, -0.15) is 0 Å². The third-order valence-electron chi connectivity index (χ3n) is 5.49. The molecule has 1 saturated heterocycles. The van der Waals surface area contributed by atoms with Gasteiger partial charge in [0.1, 0.15) is 0 Å². The molecule has 146 valence electrons. The molecule has 0 spiro atoms. The predicted octanol–water partition coefficient (Wildman–Crippen LogP) is 6.72. The number of amidine groups is 1. The summed E-state index contributed by atoms with van der Waals surface area (Å²) in [5.41, 5.74) is 5.94. The lowest BCUT2D eigenvalue weighted by atomic mass is 9.83. The number of nitrogens with zero attached hydrogens (tertiary/aromatic N) is 2. The highest BCUT2D eigenvalue weighted by Gasteiger charge is 2.42. The van der Waals surface area contributed by atoms with Crippen molar-refractivity contribution in [2.45, 2.75) is 25.3 Å². The van der Waals surface area contributed by atoms with Crippen LogP contribution in [0.1, 0.15) is 36.4 Å². The quantitative estimate of drug-likeness (QED) is 0.432. The van der Waals surface area contributed by atoms with E-state index in [4.69, 9.17) is 4.99 Å². The molecule has 1 unspecified atom stereocenters. The van der Waals surface area contributed by atoms with Crippen LogP contribution >= 0.6 is 43.6 Å². The van der Waals surface area contributed by atoms with Crippen LogP contribution in [-0.2, 0) is 4.79 Å². The van der Waals surface area contributed by atoms with Crippen molar-refractivity contribution in [3.63, 3.8) is 0 Å². The number of fused-ring (bicyclic) bond motifs is 1. The van der Waals surface area contributed by atoms with Gasteiger partial charge in [-0.25, -0.2) is 4.99 Å². The summed E-state index contributed by atoms with van der Waals surface area (Å²) in [5.74, 6) is 0.621. The van der Waals surface area contributed by atoms with Crippen molar-refractivity contribution in [1.29, 1.82) is 0 Å². The number of halogens is 2. The molecule has 1 fully saturated rings. The molecule has 1 aliphatic carbocycles. The van der Waals surface area contributed by atoms with Gasteiger partial charge in [-0.1, -0.05) is 67.9 Å². The van der Waals surface area contributed by atoms with Gasteiger partial charge in [-0.05, 0) is 71.9 Å². The third kappa shape index (κ3) is 3.66. The minimum atomic E-state index is -0.0540. The summed E-state index contributed by atoms with van der Waals surface area (Å²) in [4.78, 5) is 19.6. The average molecular weight is 530 g/mol. The van der Waals surface area contributed by atoms with Crippen LogP contribution in [0.4, 0.5) is 0 Å². The number of carbonyl (C=O) groups is 1. The van der Waals surface area contributed by atoms with Gasteiger partial charge in [-0.3, -0.25) is 9.69 Å². The van der Waals surface area contributed by atoms with Crippen LogP contribution in [0.5, 0.6) is 0 Å². The van der Waals surface area contributed by atoms with E-state index in [-0.39, 0.29) is 11.9 Å². The lowest BCUT2D eigenvalue weighted by molar-refractivity contribution is -0.125. The first kappa shape index (κ1) is 19.3. The van der Waals surface area contributed by atoms with Gasteiger partial charge >= 0.3 is 0 Å². The Morgan fingerprint density at radius 1 is 1.00 bits per heavy atom.